The first-order valence-electron chi connectivity index (χ1n) is 10.5. The molecule has 2 heterocycles. The van der Waals surface area contributed by atoms with Gasteiger partial charge in [0.1, 0.15) is 12.4 Å². The van der Waals surface area contributed by atoms with E-state index in [9.17, 15) is 0 Å². The molecule has 9 nitrogen and oxygen atoms in total. The van der Waals surface area contributed by atoms with E-state index in [1.54, 1.807) is 13.3 Å². The molecule has 0 atom stereocenters. The molecule has 0 unspecified atom stereocenters. The summed E-state index contributed by atoms with van der Waals surface area (Å²) in [6.07, 6.45) is 1.77. The molecular formula is C22H32N6O3. The van der Waals surface area contributed by atoms with Gasteiger partial charge in [-0.25, -0.2) is 0 Å². The zero-order valence-electron chi connectivity index (χ0n) is 18.6. The van der Waals surface area contributed by atoms with Crippen molar-refractivity contribution in [2.24, 2.45) is 5.10 Å². The highest BCUT2D eigenvalue weighted by atomic mass is 16.5. The van der Waals surface area contributed by atoms with Crippen LogP contribution in [0.5, 0.6) is 6.01 Å². The third kappa shape index (κ3) is 7.78. The normalized spacial score (nSPS) is 14.7. The first kappa shape index (κ1) is 22.9. The topological polar surface area (TPSA) is 84.3 Å². The van der Waals surface area contributed by atoms with E-state index in [-0.39, 0.29) is 0 Å². The van der Waals surface area contributed by atoms with Gasteiger partial charge in [0.25, 0.3) is 0 Å². The highest BCUT2D eigenvalue weighted by Gasteiger charge is 2.12. The largest absolute Gasteiger partial charge is 0.462 e. The maximum Gasteiger partial charge on any atom is 0.320 e. The summed E-state index contributed by atoms with van der Waals surface area (Å²) >= 11 is 0. The summed E-state index contributed by atoms with van der Waals surface area (Å²) in [6, 6.07) is 10.3. The van der Waals surface area contributed by atoms with Crippen molar-refractivity contribution in [2.45, 2.75) is 6.92 Å². The molecule has 0 radical (unpaired) electrons. The molecule has 9 heteroatoms. The van der Waals surface area contributed by atoms with Crippen molar-refractivity contribution < 1.29 is 14.2 Å². The highest BCUT2D eigenvalue weighted by molar-refractivity contribution is 5.80. The monoisotopic (exact) mass is 428 g/mol. The molecule has 0 saturated carbocycles. The van der Waals surface area contributed by atoms with E-state index in [2.05, 4.69) is 44.5 Å². The van der Waals surface area contributed by atoms with Crippen LogP contribution in [0.1, 0.15) is 11.1 Å². The standard InChI is InChI=1S/C22H32N6O3/c1-18-5-4-6-19(15-18)17-23-26-20-16-21(27(2)7-11-29-3)25-22(24-20)31-14-10-28-8-12-30-13-9-28/h4-6,15-17H,7-14H2,1-3H3,(H,24,25,26)/b23-17+. The van der Waals surface area contributed by atoms with Crippen LogP contribution in [-0.2, 0) is 9.47 Å². The summed E-state index contributed by atoms with van der Waals surface area (Å²) < 4.78 is 16.4. The van der Waals surface area contributed by atoms with Crippen LogP contribution >= 0.6 is 0 Å². The van der Waals surface area contributed by atoms with Crippen molar-refractivity contribution in [3.8, 4) is 6.01 Å². The predicted molar refractivity (Wildman–Crippen MR) is 122 cm³/mol. The Hall–Kier alpha value is -2.75. The van der Waals surface area contributed by atoms with E-state index in [4.69, 9.17) is 14.2 Å². The van der Waals surface area contributed by atoms with E-state index >= 15 is 0 Å². The minimum atomic E-state index is 0.322. The summed E-state index contributed by atoms with van der Waals surface area (Å²) in [5.41, 5.74) is 5.20. The van der Waals surface area contributed by atoms with E-state index in [0.717, 1.165) is 44.2 Å². The van der Waals surface area contributed by atoms with Gasteiger partial charge >= 0.3 is 6.01 Å². The third-order valence-electron chi connectivity index (χ3n) is 4.89. The Morgan fingerprint density at radius 1 is 1.23 bits per heavy atom. The molecule has 0 aliphatic carbocycles. The number of benzene rings is 1. The van der Waals surface area contributed by atoms with E-state index in [1.165, 1.54) is 5.56 Å². The molecule has 0 amide bonds. The number of rotatable bonds is 11. The fraction of sp³-hybridized carbons (Fsp3) is 0.500. The molecule has 1 fully saturated rings. The minimum absolute atomic E-state index is 0.322. The van der Waals surface area contributed by atoms with Gasteiger partial charge in [-0.2, -0.15) is 15.1 Å². The van der Waals surface area contributed by atoms with Crippen LogP contribution in [0.2, 0.25) is 0 Å². The van der Waals surface area contributed by atoms with Crippen molar-refractivity contribution in [1.82, 2.24) is 14.9 Å². The first-order valence-corrected chi connectivity index (χ1v) is 10.5. The lowest BCUT2D eigenvalue weighted by Crippen LogP contribution is -2.38. The van der Waals surface area contributed by atoms with Gasteiger partial charge in [-0.05, 0) is 12.5 Å². The number of ether oxygens (including phenoxy) is 3. The van der Waals surface area contributed by atoms with E-state index < -0.39 is 0 Å². The van der Waals surface area contributed by atoms with Crippen LogP contribution in [-0.4, -0.2) is 87.8 Å². The van der Waals surface area contributed by atoms with E-state index in [1.807, 2.05) is 30.1 Å². The van der Waals surface area contributed by atoms with Gasteiger partial charge in [-0.1, -0.05) is 29.8 Å². The molecule has 31 heavy (non-hydrogen) atoms. The molecule has 168 valence electrons. The van der Waals surface area contributed by atoms with Gasteiger partial charge in [0.15, 0.2) is 5.82 Å². The average Bonchev–Trinajstić information content (AvgIpc) is 2.78. The quantitative estimate of drug-likeness (QED) is 0.430. The smallest absolute Gasteiger partial charge is 0.320 e. The Balaban J connectivity index is 1.66. The second kappa shape index (κ2) is 12.2. The predicted octanol–water partition coefficient (Wildman–Crippen LogP) is 2.02. The third-order valence-corrected chi connectivity index (χ3v) is 4.89. The highest BCUT2D eigenvalue weighted by Crippen LogP contribution is 2.19. The molecule has 0 bridgehead atoms. The van der Waals surface area contributed by atoms with Crippen LogP contribution in [0.25, 0.3) is 0 Å². The van der Waals surface area contributed by atoms with Crippen LogP contribution in [0, 0.1) is 6.92 Å². The van der Waals surface area contributed by atoms with Crippen LogP contribution < -0.4 is 15.1 Å². The SMILES string of the molecule is COCCN(C)c1cc(N/N=C/c2cccc(C)c2)nc(OCCN2CCOCC2)n1. The molecule has 2 aromatic rings. The Morgan fingerprint density at radius 2 is 2.06 bits per heavy atom. The number of aromatic nitrogens is 2. The zero-order valence-corrected chi connectivity index (χ0v) is 18.6. The van der Waals surface area contributed by atoms with Gasteiger partial charge in [0, 0.05) is 46.4 Å². The molecule has 1 N–H and O–H groups in total. The summed E-state index contributed by atoms with van der Waals surface area (Å²) in [6.45, 7) is 8.05. The number of hydrazone groups is 1. The Labute approximate surface area is 184 Å². The van der Waals surface area contributed by atoms with E-state index in [0.29, 0.717) is 31.6 Å². The lowest BCUT2D eigenvalue weighted by molar-refractivity contribution is 0.0317. The molecule has 1 saturated heterocycles. The number of anilines is 2. The number of nitrogens with one attached hydrogen (secondary N) is 1. The second-order valence-electron chi connectivity index (χ2n) is 7.39. The van der Waals surface area contributed by atoms with Crippen molar-refractivity contribution in [3.05, 3.63) is 41.5 Å². The van der Waals surface area contributed by atoms with Crippen molar-refractivity contribution in [3.63, 3.8) is 0 Å². The first-order chi connectivity index (χ1) is 15.1. The number of hydrogen-bond donors (Lipinski definition) is 1. The Bertz CT molecular complexity index is 842. The maximum atomic E-state index is 5.87. The van der Waals surface area contributed by atoms with Gasteiger partial charge in [0.05, 0.1) is 26.0 Å². The lowest BCUT2D eigenvalue weighted by Gasteiger charge is -2.26. The average molecular weight is 429 g/mol. The number of aryl methyl sites for hydroxylation is 1. The molecule has 1 aliphatic heterocycles. The number of nitrogens with zero attached hydrogens (tertiary/aromatic N) is 5. The van der Waals surface area contributed by atoms with Crippen LogP contribution in [0.15, 0.2) is 35.4 Å². The number of likely N-dealkylation sites (N-methyl/N-ethyl adjacent to an activating group) is 1. The number of hydrogen-bond acceptors (Lipinski definition) is 9. The Morgan fingerprint density at radius 3 is 2.84 bits per heavy atom. The molecule has 3 rings (SSSR count). The fourth-order valence-electron chi connectivity index (χ4n) is 3.09. The second-order valence-corrected chi connectivity index (χ2v) is 7.39. The molecule has 1 aromatic carbocycles. The molecule has 1 aliphatic rings. The summed E-state index contributed by atoms with van der Waals surface area (Å²) in [4.78, 5) is 13.3. The van der Waals surface area contributed by atoms with Crippen LogP contribution in [0.3, 0.4) is 0 Å². The molecule has 1 aromatic heterocycles. The molecular weight excluding hydrogens is 396 g/mol. The number of morpholine rings is 1. The Kier molecular flexibility index (Phi) is 9.01. The lowest BCUT2D eigenvalue weighted by atomic mass is 10.2. The summed E-state index contributed by atoms with van der Waals surface area (Å²) in [5.74, 6) is 1.31. The molecule has 0 spiro atoms. The van der Waals surface area contributed by atoms with Gasteiger partial charge in [-0.15, -0.1) is 0 Å². The minimum Gasteiger partial charge on any atom is -0.462 e. The number of methoxy groups -OCH3 is 1. The van der Waals surface area contributed by atoms with Crippen molar-refractivity contribution in [2.75, 3.05) is 77.1 Å². The summed E-state index contributed by atoms with van der Waals surface area (Å²) in [5, 5.41) is 4.32. The van der Waals surface area contributed by atoms with Gasteiger partial charge in [0.2, 0.25) is 0 Å². The van der Waals surface area contributed by atoms with Crippen LogP contribution in [0.4, 0.5) is 11.6 Å². The van der Waals surface area contributed by atoms with Gasteiger partial charge < -0.3 is 19.1 Å². The van der Waals surface area contributed by atoms with Gasteiger partial charge in [-0.3, -0.25) is 10.3 Å². The zero-order chi connectivity index (χ0) is 21.9. The van der Waals surface area contributed by atoms with Crippen molar-refractivity contribution >= 4 is 17.9 Å². The summed E-state index contributed by atoms with van der Waals surface area (Å²) in [7, 11) is 3.64. The maximum absolute atomic E-state index is 5.87. The van der Waals surface area contributed by atoms with Crippen molar-refractivity contribution in [1.29, 1.82) is 0 Å². The fourth-order valence-corrected chi connectivity index (χ4v) is 3.09.